The molecule has 4 heterocycles. The first-order valence-corrected chi connectivity index (χ1v) is 13.0. The molecule has 200 valence electrons. The summed E-state index contributed by atoms with van der Waals surface area (Å²) in [6, 6.07) is 10.2. The Morgan fingerprint density at radius 2 is 2.00 bits per heavy atom. The first-order chi connectivity index (χ1) is 18.7. The minimum atomic E-state index is -1.33. The zero-order chi connectivity index (χ0) is 27.4. The highest BCUT2D eigenvalue weighted by atomic mass is 35.5. The van der Waals surface area contributed by atoms with Gasteiger partial charge in [-0.1, -0.05) is 23.2 Å². The molecule has 1 aliphatic heterocycles. The summed E-state index contributed by atoms with van der Waals surface area (Å²) < 4.78 is 12.8. The molecule has 0 spiro atoms. The number of carbonyl (C=O) groups is 1. The van der Waals surface area contributed by atoms with Gasteiger partial charge in [0.25, 0.3) is 0 Å². The van der Waals surface area contributed by atoms with Crippen molar-refractivity contribution >= 4 is 51.6 Å². The lowest BCUT2D eigenvalue weighted by molar-refractivity contribution is 0.0695. The third kappa shape index (κ3) is 4.49. The van der Waals surface area contributed by atoms with Crippen LogP contribution in [0.1, 0.15) is 23.2 Å². The largest absolute Gasteiger partial charge is 0.481 e. The van der Waals surface area contributed by atoms with Crippen molar-refractivity contribution in [3.8, 4) is 17.4 Å². The van der Waals surface area contributed by atoms with Crippen LogP contribution in [-0.4, -0.2) is 51.4 Å². The van der Waals surface area contributed by atoms with E-state index in [9.17, 15) is 14.7 Å². The van der Waals surface area contributed by atoms with Crippen LogP contribution in [0, 0.1) is 5.92 Å². The summed E-state index contributed by atoms with van der Waals surface area (Å²) in [5, 5.41) is 10.6. The van der Waals surface area contributed by atoms with E-state index in [1.807, 2.05) is 6.07 Å². The van der Waals surface area contributed by atoms with Crippen LogP contribution in [0.3, 0.4) is 0 Å². The summed E-state index contributed by atoms with van der Waals surface area (Å²) in [6.45, 7) is 0.312. The number of nitrogens with zero attached hydrogens (tertiary/aromatic N) is 4. The Morgan fingerprint density at radius 3 is 2.74 bits per heavy atom. The summed E-state index contributed by atoms with van der Waals surface area (Å²) in [4.78, 5) is 35.6. The van der Waals surface area contributed by atoms with Crippen LogP contribution in [-0.2, 0) is 0 Å². The Kier molecular flexibility index (Phi) is 6.23. The molecule has 3 atom stereocenters. The van der Waals surface area contributed by atoms with E-state index in [1.54, 1.807) is 28.8 Å². The van der Waals surface area contributed by atoms with Gasteiger partial charge in [0.15, 0.2) is 0 Å². The maximum absolute atomic E-state index is 13.1. The first-order valence-electron chi connectivity index (χ1n) is 12.2. The number of benzene rings is 1. The van der Waals surface area contributed by atoms with Gasteiger partial charge in [0.05, 0.1) is 35.1 Å². The highest BCUT2D eigenvalue weighted by Crippen LogP contribution is 2.51. The zero-order valence-corrected chi connectivity index (χ0v) is 22.2. The smallest absolute Gasteiger partial charge is 0.341 e. The normalized spacial score (nSPS) is 19.7. The fraction of sp³-hybridized carbons (Fsp3) is 0.259. The molecular weight excluding hydrogens is 545 g/mol. The molecule has 0 unspecified atom stereocenters. The van der Waals surface area contributed by atoms with Gasteiger partial charge in [0.1, 0.15) is 23.0 Å². The number of fused-ring (bicyclic) bond motifs is 2. The highest BCUT2D eigenvalue weighted by molar-refractivity contribution is 6.34. The van der Waals surface area contributed by atoms with Crippen LogP contribution in [0.2, 0.25) is 10.0 Å². The topological polar surface area (TPSA) is 133 Å². The van der Waals surface area contributed by atoms with Gasteiger partial charge in [0.2, 0.25) is 17.2 Å². The standard InChI is InChI=1S/C27H23Cl2N5O5/c1-38-24-3-2-18(28)26(32-24)39-12-15-6-13-7-20(13)34(15)22-10-21-16(9-19(22)29)25(35)17(27(36)37)11-33(21)14-4-5-31-23(30)8-14/h2-5,8-11,13,15,20H,6-7,12H2,1H3,(H2,30,31)(H,36,37)/t13-,15-,20+/m0/s1. The first kappa shape index (κ1) is 25.3. The van der Waals surface area contributed by atoms with Crippen molar-refractivity contribution in [2.45, 2.75) is 24.9 Å². The number of nitrogen functional groups attached to an aromatic ring is 1. The van der Waals surface area contributed by atoms with Gasteiger partial charge in [-0.05, 0) is 43.0 Å². The van der Waals surface area contributed by atoms with Gasteiger partial charge in [0, 0.05) is 36.0 Å². The predicted molar refractivity (Wildman–Crippen MR) is 148 cm³/mol. The van der Waals surface area contributed by atoms with Crippen molar-refractivity contribution in [3.05, 3.63) is 74.6 Å². The number of aromatic nitrogens is 3. The molecule has 3 N–H and O–H groups in total. The molecule has 0 amide bonds. The summed E-state index contributed by atoms with van der Waals surface area (Å²) in [6.07, 6.45) is 4.74. The molecule has 6 rings (SSSR count). The SMILES string of the molecule is COc1ccc(Cl)c(OC[C@@H]2C[C@H]3C[C@H]3N2c2cc3c(cc2Cl)c(=O)c(C(=O)O)cn3-c2ccnc(N)c2)n1. The minimum Gasteiger partial charge on any atom is -0.481 e. The second kappa shape index (κ2) is 9.62. The van der Waals surface area contributed by atoms with E-state index >= 15 is 0 Å². The van der Waals surface area contributed by atoms with Gasteiger partial charge in [-0.15, -0.1) is 0 Å². The summed E-state index contributed by atoms with van der Waals surface area (Å²) in [7, 11) is 1.52. The lowest BCUT2D eigenvalue weighted by atomic mass is 10.1. The van der Waals surface area contributed by atoms with Crippen molar-refractivity contribution < 1.29 is 19.4 Å². The number of halogens is 2. The van der Waals surface area contributed by atoms with Crippen LogP contribution in [0.25, 0.3) is 16.6 Å². The van der Waals surface area contributed by atoms with Crippen LogP contribution < -0.4 is 25.5 Å². The van der Waals surface area contributed by atoms with E-state index in [0.29, 0.717) is 39.7 Å². The van der Waals surface area contributed by atoms with Gasteiger partial charge >= 0.3 is 5.97 Å². The van der Waals surface area contributed by atoms with Crippen molar-refractivity contribution in [2.24, 2.45) is 5.92 Å². The van der Waals surface area contributed by atoms with E-state index < -0.39 is 11.4 Å². The van der Waals surface area contributed by atoms with Crippen molar-refractivity contribution in [1.82, 2.24) is 14.5 Å². The lowest BCUT2D eigenvalue weighted by Gasteiger charge is -2.31. The van der Waals surface area contributed by atoms with E-state index in [1.165, 1.54) is 25.6 Å². The number of rotatable bonds is 7. The maximum atomic E-state index is 13.1. The maximum Gasteiger partial charge on any atom is 0.341 e. The molecule has 1 saturated carbocycles. The highest BCUT2D eigenvalue weighted by Gasteiger charge is 2.52. The van der Waals surface area contributed by atoms with E-state index in [2.05, 4.69) is 14.9 Å². The predicted octanol–water partition coefficient (Wildman–Crippen LogP) is 4.42. The fourth-order valence-electron chi connectivity index (χ4n) is 5.36. The molecule has 1 aromatic carbocycles. The number of carboxylic acid groups (broad SMARTS) is 1. The van der Waals surface area contributed by atoms with Gasteiger partial charge < -0.3 is 29.8 Å². The van der Waals surface area contributed by atoms with Gasteiger partial charge in [-0.2, -0.15) is 4.98 Å². The van der Waals surface area contributed by atoms with Crippen molar-refractivity contribution in [1.29, 1.82) is 0 Å². The third-order valence-electron chi connectivity index (χ3n) is 7.24. The molecule has 12 heteroatoms. The molecule has 1 aliphatic carbocycles. The monoisotopic (exact) mass is 567 g/mol. The number of pyridine rings is 3. The molecule has 10 nitrogen and oxygen atoms in total. The average Bonchev–Trinajstić information content (AvgIpc) is 3.58. The second-order valence-corrected chi connectivity index (χ2v) is 10.4. The van der Waals surface area contributed by atoms with Gasteiger partial charge in [-0.25, -0.2) is 9.78 Å². The fourth-order valence-corrected chi connectivity index (χ4v) is 5.79. The molecule has 3 aromatic heterocycles. The third-order valence-corrected chi connectivity index (χ3v) is 7.83. The molecule has 2 fully saturated rings. The Labute approximate surface area is 232 Å². The number of hydrogen-bond donors (Lipinski definition) is 2. The van der Waals surface area contributed by atoms with E-state index in [-0.39, 0.29) is 34.7 Å². The Hall–Kier alpha value is -4.02. The number of carboxylic acids is 1. The second-order valence-electron chi connectivity index (χ2n) is 9.62. The van der Waals surface area contributed by atoms with Crippen LogP contribution >= 0.6 is 23.2 Å². The molecule has 0 bridgehead atoms. The number of aromatic carboxylic acids is 1. The summed E-state index contributed by atoms with van der Waals surface area (Å²) in [5.41, 5.74) is 6.70. The van der Waals surface area contributed by atoms with Crippen LogP contribution in [0.15, 0.2) is 53.6 Å². The number of ether oxygens (including phenoxy) is 2. The number of nitrogens with two attached hydrogens (primary N) is 1. The number of methoxy groups -OCH3 is 1. The van der Waals surface area contributed by atoms with Gasteiger partial charge in [-0.3, -0.25) is 4.79 Å². The van der Waals surface area contributed by atoms with Crippen molar-refractivity contribution in [2.75, 3.05) is 24.4 Å². The molecular formula is C27H23Cl2N5O5. The van der Waals surface area contributed by atoms with Crippen LogP contribution in [0.4, 0.5) is 11.5 Å². The summed E-state index contributed by atoms with van der Waals surface area (Å²) in [5.74, 6) is 0.101. The number of piperidine rings is 1. The van der Waals surface area contributed by atoms with Crippen molar-refractivity contribution in [3.63, 3.8) is 0 Å². The zero-order valence-electron chi connectivity index (χ0n) is 20.7. The minimum absolute atomic E-state index is 0.0252. The Balaban J connectivity index is 1.43. The quantitative estimate of drug-likeness (QED) is 0.332. The number of hydrogen-bond acceptors (Lipinski definition) is 8. The van der Waals surface area contributed by atoms with E-state index in [0.717, 1.165) is 18.5 Å². The molecule has 4 aromatic rings. The number of anilines is 2. The lowest BCUT2D eigenvalue weighted by Crippen LogP contribution is -2.37. The van der Waals surface area contributed by atoms with E-state index in [4.69, 9.17) is 38.4 Å². The Morgan fingerprint density at radius 1 is 1.18 bits per heavy atom. The molecule has 1 saturated heterocycles. The Bertz CT molecular complexity index is 1690. The molecule has 39 heavy (non-hydrogen) atoms. The molecule has 0 radical (unpaired) electrons. The molecule has 2 aliphatic rings. The average molecular weight is 568 g/mol. The summed E-state index contributed by atoms with van der Waals surface area (Å²) >= 11 is 13.1. The van der Waals surface area contributed by atoms with Crippen LogP contribution in [0.5, 0.6) is 11.8 Å².